The van der Waals surface area contributed by atoms with Crippen LogP contribution in [0.25, 0.3) is 0 Å². The van der Waals surface area contributed by atoms with Crippen LogP contribution in [0.4, 0.5) is 0 Å². The highest BCUT2D eigenvalue weighted by atomic mass is 16.2. The quantitative estimate of drug-likeness (QED) is 0.774. The topological polar surface area (TPSA) is 46.0 Å². The summed E-state index contributed by atoms with van der Waals surface area (Å²) in [7, 11) is 0. The van der Waals surface area contributed by atoms with Gasteiger partial charge in [-0.05, 0) is 24.8 Å². The van der Waals surface area contributed by atoms with Gasteiger partial charge in [0.15, 0.2) is 0 Å². The summed E-state index contributed by atoms with van der Waals surface area (Å²) < 4.78 is 0. The molecule has 0 aliphatic carbocycles. The molecule has 0 radical (unpaired) electrons. The molecule has 0 saturated heterocycles. The number of hydrogen-bond acceptors (Lipinski definition) is 3. The first-order chi connectivity index (χ1) is 6.72. The van der Waals surface area contributed by atoms with E-state index >= 15 is 0 Å². The Morgan fingerprint density at radius 2 is 2.21 bits per heavy atom. The van der Waals surface area contributed by atoms with E-state index in [1.807, 2.05) is 6.07 Å². The van der Waals surface area contributed by atoms with Gasteiger partial charge < -0.3 is 5.11 Å². The van der Waals surface area contributed by atoms with Crippen LogP contribution in [0.1, 0.15) is 31.8 Å². The molecule has 0 aromatic carbocycles. The smallest absolute Gasteiger partial charge is 0.128 e. The fourth-order valence-electron chi connectivity index (χ4n) is 1.33. The Bertz CT molecular complexity index is 274. The maximum Gasteiger partial charge on any atom is 0.128 e. The second kappa shape index (κ2) is 5.70. The molecule has 0 spiro atoms. The first kappa shape index (κ1) is 11.1. The molecule has 78 valence electrons. The molecule has 1 rings (SSSR count). The summed E-state index contributed by atoms with van der Waals surface area (Å²) in [5, 5.41) is 8.69. The maximum absolute atomic E-state index is 8.69. The van der Waals surface area contributed by atoms with Crippen LogP contribution in [0.3, 0.4) is 0 Å². The third-order valence-electron chi connectivity index (χ3n) is 1.94. The Morgan fingerprint density at radius 1 is 1.43 bits per heavy atom. The molecule has 14 heavy (non-hydrogen) atoms. The molecule has 0 saturated carbocycles. The highest BCUT2D eigenvalue weighted by Gasteiger charge is 2.01. The molecule has 1 aromatic rings. The van der Waals surface area contributed by atoms with E-state index in [1.54, 1.807) is 6.20 Å². The average molecular weight is 194 g/mol. The molecule has 1 N–H and O–H groups in total. The fraction of sp³-hybridized carbons (Fsp3) is 0.636. The van der Waals surface area contributed by atoms with Gasteiger partial charge in [0, 0.05) is 24.9 Å². The minimum Gasteiger partial charge on any atom is -0.396 e. The molecule has 0 aliphatic rings. The summed E-state index contributed by atoms with van der Waals surface area (Å²) in [5.41, 5.74) is 1.10. The largest absolute Gasteiger partial charge is 0.396 e. The van der Waals surface area contributed by atoms with E-state index in [0.29, 0.717) is 5.92 Å². The number of hydrogen-bond donors (Lipinski definition) is 1. The lowest BCUT2D eigenvalue weighted by Gasteiger charge is -2.05. The summed E-state index contributed by atoms with van der Waals surface area (Å²) in [6.45, 7) is 4.56. The Hall–Kier alpha value is -0.960. The Morgan fingerprint density at radius 3 is 2.86 bits per heavy atom. The SMILES string of the molecule is CC(C)Cc1ccnc(CCCO)n1. The number of aromatic nitrogens is 2. The van der Waals surface area contributed by atoms with Crippen LogP contribution in [0, 0.1) is 5.92 Å². The van der Waals surface area contributed by atoms with Crippen molar-refractivity contribution < 1.29 is 5.11 Å². The van der Waals surface area contributed by atoms with Crippen LogP contribution in [0.15, 0.2) is 12.3 Å². The Labute approximate surface area is 85.2 Å². The molecule has 0 amide bonds. The van der Waals surface area contributed by atoms with Gasteiger partial charge >= 0.3 is 0 Å². The minimum atomic E-state index is 0.206. The van der Waals surface area contributed by atoms with E-state index < -0.39 is 0 Å². The monoisotopic (exact) mass is 194 g/mol. The van der Waals surface area contributed by atoms with Gasteiger partial charge in [-0.3, -0.25) is 0 Å². The first-order valence-corrected chi connectivity index (χ1v) is 5.14. The lowest BCUT2D eigenvalue weighted by atomic mass is 10.1. The van der Waals surface area contributed by atoms with E-state index in [1.165, 1.54) is 0 Å². The lowest BCUT2D eigenvalue weighted by molar-refractivity contribution is 0.287. The minimum absolute atomic E-state index is 0.206. The van der Waals surface area contributed by atoms with Crippen molar-refractivity contribution >= 4 is 0 Å². The Kier molecular flexibility index (Phi) is 4.53. The van der Waals surface area contributed by atoms with Gasteiger partial charge in [-0.25, -0.2) is 9.97 Å². The first-order valence-electron chi connectivity index (χ1n) is 5.14. The molecule has 3 heteroatoms. The van der Waals surface area contributed by atoms with Crippen LogP contribution in [0.2, 0.25) is 0 Å². The predicted molar refractivity (Wildman–Crippen MR) is 56.0 cm³/mol. The van der Waals surface area contributed by atoms with Crippen molar-refractivity contribution in [3.8, 4) is 0 Å². The van der Waals surface area contributed by atoms with E-state index in [-0.39, 0.29) is 6.61 Å². The van der Waals surface area contributed by atoms with Gasteiger partial charge in [0.25, 0.3) is 0 Å². The molecule has 0 unspecified atom stereocenters. The molecule has 0 atom stereocenters. The van der Waals surface area contributed by atoms with Crippen LogP contribution in [-0.4, -0.2) is 21.7 Å². The van der Waals surface area contributed by atoms with Crippen molar-refractivity contribution in [3.05, 3.63) is 23.8 Å². The number of aryl methyl sites for hydroxylation is 1. The third-order valence-corrected chi connectivity index (χ3v) is 1.94. The Balaban J connectivity index is 2.59. The van der Waals surface area contributed by atoms with E-state index in [2.05, 4.69) is 23.8 Å². The zero-order valence-corrected chi connectivity index (χ0v) is 8.90. The van der Waals surface area contributed by atoms with Crippen LogP contribution < -0.4 is 0 Å². The molecule has 1 aromatic heterocycles. The summed E-state index contributed by atoms with van der Waals surface area (Å²) >= 11 is 0. The number of rotatable bonds is 5. The van der Waals surface area contributed by atoms with Gasteiger partial charge in [0.1, 0.15) is 5.82 Å². The molecule has 3 nitrogen and oxygen atoms in total. The highest BCUT2D eigenvalue weighted by Crippen LogP contribution is 2.05. The summed E-state index contributed by atoms with van der Waals surface area (Å²) in [5.74, 6) is 1.47. The van der Waals surface area contributed by atoms with Gasteiger partial charge in [-0.2, -0.15) is 0 Å². The second-order valence-corrected chi connectivity index (χ2v) is 3.89. The van der Waals surface area contributed by atoms with Crippen molar-refractivity contribution in [3.63, 3.8) is 0 Å². The summed E-state index contributed by atoms with van der Waals surface area (Å²) in [6.07, 6.45) is 4.31. The number of aliphatic hydroxyl groups is 1. The van der Waals surface area contributed by atoms with Gasteiger partial charge in [0.2, 0.25) is 0 Å². The third kappa shape index (κ3) is 3.83. The average Bonchev–Trinajstić information content (AvgIpc) is 2.14. The van der Waals surface area contributed by atoms with Gasteiger partial charge in [-0.1, -0.05) is 13.8 Å². The maximum atomic E-state index is 8.69. The van der Waals surface area contributed by atoms with Crippen molar-refractivity contribution in [1.29, 1.82) is 0 Å². The van der Waals surface area contributed by atoms with Crippen LogP contribution >= 0.6 is 0 Å². The second-order valence-electron chi connectivity index (χ2n) is 3.89. The number of aliphatic hydroxyl groups excluding tert-OH is 1. The standard InChI is InChI=1S/C11H18N2O/c1-9(2)8-10-5-6-12-11(13-10)4-3-7-14/h5-6,9,14H,3-4,7-8H2,1-2H3. The van der Waals surface area contributed by atoms with Gasteiger partial charge in [-0.15, -0.1) is 0 Å². The molecule has 1 heterocycles. The zero-order valence-electron chi connectivity index (χ0n) is 8.90. The van der Waals surface area contributed by atoms with Crippen molar-refractivity contribution in [1.82, 2.24) is 9.97 Å². The molecule has 0 fully saturated rings. The normalized spacial score (nSPS) is 10.9. The van der Waals surface area contributed by atoms with Gasteiger partial charge in [0.05, 0.1) is 0 Å². The summed E-state index contributed by atoms with van der Waals surface area (Å²) in [6, 6.07) is 1.96. The number of nitrogens with zero attached hydrogens (tertiary/aromatic N) is 2. The lowest BCUT2D eigenvalue weighted by Crippen LogP contribution is -2.03. The zero-order chi connectivity index (χ0) is 10.4. The fourth-order valence-corrected chi connectivity index (χ4v) is 1.33. The highest BCUT2D eigenvalue weighted by molar-refractivity contribution is 5.03. The van der Waals surface area contributed by atoms with Crippen molar-refractivity contribution in [2.24, 2.45) is 5.92 Å². The van der Waals surface area contributed by atoms with Crippen molar-refractivity contribution in [2.75, 3.05) is 6.61 Å². The summed E-state index contributed by atoms with van der Waals surface area (Å²) in [4.78, 5) is 8.59. The van der Waals surface area contributed by atoms with E-state index in [9.17, 15) is 0 Å². The van der Waals surface area contributed by atoms with Crippen LogP contribution in [0.5, 0.6) is 0 Å². The van der Waals surface area contributed by atoms with Crippen molar-refractivity contribution in [2.45, 2.75) is 33.1 Å². The molecule has 0 bridgehead atoms. The molecule has 0 aliphatic heterocycles. The van der Waals surface area contributed by atoms with E-state index in [4.69, 9.17) is 5.11 Å². The predicted octanol–water partition coefficient (Wildman–Crippen LogP) is 1.60. The van der Waals surface area contributed by atoms with E-state index in [0.717, 1.165) is 30.8 Å². The van der Waals surface area contributed by atoms with Crippen LogP contribution in [-0.2, 0) is 12.8 Å². The molecular weight excluding hydrogens is 176 g/mol. The molecular formula is C11H18N2O.